The summed E-state index contributed by atoms with van der Waals surface area (Å²) in [6, 6.07) is 0. The number of piperidine rings is 1. The first-order valence-electron chi connectivity index (χ1n) is 3.56. The van der Waals surface area contributed by atoms with Gasteiger partial charge in [0.25, 0.3) is 0 Å². The van der Waals surface area contributed by atoms with Gasteiger partial charge in [-0.1, -0.05) is 12.8 Å². The average Bonchev–Trinajstić information content (AvgIpc) is 1.96. The number of hydrogen-bond acceptors (Lipinski definition) is 1. The molecule has 1 N–H and O–H groups in total. The van der Waals surface area contributed by atoms with Crippen LogP contribution in [0.2, 0.25) is 0 Å². The van der Waals surface area contributed by atoms with E-state index in [4.69, 9.17) is 6.42 Å². The molecule has 0 aromatic heterocycles. The van der Waals surface area contributed by atoms with Gasteiger partial charge in [0.05, 0.1) is 0 Å². The van der Waals surface area contributed by atoms with E-state index >= 15 is 0 Å². The Morgan fingerprint density at radius 2 is 2.50 bits per heavy atom. The summed E-state index contributed by atoms with van der Waals surface area (Å²) in [6.07, 6.45) is 5.52. The largest absolute Gasteiger partial charge is 0.316 e. The number of hydrogen-bond donors (Lipinski definition) is 1. The third kappa shape index (κ3) is 1.15. The van der Waals surface area contributed by atoms with Crippen LogP contribution in [-0.2, 0) is 0 Å². The minimum Gasteiger partial charge on any atom is -0.316 e. The van der Waals surface area contributed by atoms with E-state index in [0.29, 0.717) is 19.5 Å². The molecule has 1 rings (SSSR count). The topological polar surface area (TPSA) is 12.0 Å². The molecule has 1 aliphatic heterocycles. The fourth-order valence-corrected chi connectivity index (χ4v) is 1.21. The van der Waals surface area contributed by atoms with E-state index in [9.17, 15) is 4.39 Å². The normalized spacial score (nSPS) is 40.7. The van der Waals surface area contributed by atoms with Gasteiger partial charge in [-0.15, -0.1) is 6.42 Å². The van der Waals surface area contributed by atoms with E-state index in [1.54, 1.807) is 0 Å². The second-order valence-corrected chi connectivity index (χ2v) is 2.86. The highest BCUT2D eigenvalue weighted by atomic mass is 19.1. The smallest absolute Gasteiger partial charge is 0.175 e. The van der Waals surface area contributed by atoms with Crippen LogP contribution in [0.1, 0.15) is 13.3 Å². The lowest BCUT2D eigenvalue weighted by molar-refractivity contribution is 0.120. The molecule has 2 unspecified atom stereocenters. The van der Waals surface area contributed by atoms with Gasteiger partial charge >= 0.3 is 0 Å². The van der Waals surface area contributed by atoms with Gasteiger partial charge in [-0.3, -0.25) is 0 Å². The molecule has 2 heteroatoms. The Morgan fingerprint density at radius 1 is 1.80 bits per heavy atom. The Labute approximate surface area is 61.0 Å². The summed E-state index contributed by atoms with van der Waals surface area (Å²) in [4.78, 5) is 0. The molecule has 2 atom stereocenters. The van der Waals surface area contributed by atoms with Gasteiger partial charge in [-0.2, -0.15) is 0 Å². The van der Waals surface area contributed by atoms with Crippen LogP contribution in [0.5, 0.6) is 0 Å². The molecule has 0 spiro atoms. The van der Waals surface area contributed by atoms with Crippen molar-refractivity contribution < 1.29 is 4.39 Å². The first-order valence-corrected chi connectivity index (χ1v) is 3.56. The van der Waals surface area contributed by atoms with Gasteiger partial charge in [0.2, 0.25) is 0 Å². The maximum atomic E-state index is 13.4. The van der Waals surface area contributed by atoms with Crippen LogP contribution in [0.15, 0.2) is 0 Å². The summed E-state index contributed by atoms with van der Waals surface area (Å²) in [5.41, 5.74) is -1.36. The molecular formula is C8H12FN. The maximum Gasteiger partial charge on any atom is 0.175 e. The summed E-state index contributed by atoms with van der Waals surface area (Å²) >= 11 is 0. The third-order valence-corrected chi connectivity index (χ3v) is 2.14. The summed E-state index contributed by atoms with van der Waals surface area (Å²) in [6.45, 7) is 3.23. The molecule has 1 nitrogen and oxygen atoms in total. The van der Waals surface area contributed by atoms with Crippen molar-refractivity contribution in [3.05, 3.63) is 0 Å². The highest BCUT2D eigenvalue weighted by molar-refractivity contribution is 5.12. The van der Waals surface area contributed by atoms with Crippen LogP contribution in [0, 0.1) is 18.3 Å². The molecule has 0 aromatic carbocycles. The van der Waals surface area contributed by atoms with Crippen LogP contribution in [0.4, 0.5) is 4.39 Å². The number of terminal acetylenes is 1. The van der Waals surface area contributed by atoms with Crippen LogP contribution in [0.25, 0.3) is 0 Å². The summed E-state index contributed by atoms with van der Waals surface area (Å²) in [5, 5.41) is 3.09. The van der Waals surface area contributed by atoms with Crippen molar-refractivity contribution >= 4 is 0 Å². The molecule has 0 aromatic rings. The van der Waals surface area contributed by atoms with Crippen molar-refractivity contribution in [2.75, 3.05) is 13.1 Å². The Balaban J connectivity index is 2.65. The van der Waals surface area contributed by atoms with Crippen molar-refractivity contribution in [3.63, 3.8) is 0 Å². The maximum absolute atomic E-state index is 13.4. The molecule has 1 saturated heterocycles. The molecule has 0 aliphatic carbocycles. The molecule has 0 amide bonds. The van der Waals surface area contributed by atoms with Gasteiger partial charge in [-0.25, -0.2) is 4.39 Å². The molecule has 0 radical (unpaired) electrons. The summed E-state index contributed by atoms with van der Waals surface area (Å²) < 4.78 is 13.4. The zero-order chi connectivity index (χ0) is 7.61. The predicted molar refractivity (Wildman–Crippen MR) is 39.3 cm³/mol. The fraction of sp³-hybridized carbons (Fsp3) is 0.750. The Bertz CT molecular complexity index is 161. The second kappa shape index (κ2) is 2.59. The van der Waals surface area contributed by atoms with Crippen molar-refractivity contribution in [1.29, 1.82) is 0 Å². The molecule has 1 heterocycles. The lowest BCUT2D eigenvalue weighted by Crippen LogP contribution is -2.44. The van der Waals surface area contributed by atoms with Crippen molar-refractivity contribution in [3.8, 4) is 12.3 Å². The van der Waals surface area contributed by atoms with Gasteiger partial charge in [0.15, 0.2) is 5.67 Å². The molecule has 1 aliphatic rings. The lowest BCUT2D eigenvalue weighted by atomic mass is 9.86. The zero-order valence-corrected chi connectivity index (χ0v) is 6.15. The molecule has 0 saturated carbocycles. The van der Waals surface area contributed by atoms with E-state index in [0.717, 1.165) is 0 Å². The van der Waals surface area contributed by atoms with Crippen molar-refractivity contribution in [2.24, 2.45) is 5.92 Å². The number of nitrogens with one attached hydrogen (secondary N) is 1. The predicted octanol–water partition coefficient (Wildman–Crippen LogP) is 0.957. The second-order valence-electron chi connectivity index (χ2n) is 2.86. The number of rotatable bonds is 0. The Morgan fingerprint density at radius 3 is 2.90 bits per heavy atom. The first kappa shape index (κ1) is 7.56. The summed E-state index contributed by atoms with van der Waals surface area (Å²) in [7, 11) is 0. The van der Waals surface area contributed by atoms with E-state index in [1.165, 1.54) is 0 Å². The average molecular weight is 141 g/mol. The van der Waals surface area contributed by atoms with Crippen molar-refractivity contribution in [1.82, 2.24) is 5.32 Å². The van der Waals surface area contributed by atoms with Gasteiger partial charge in [0.1, 0.15) is 0 Å². The van der Waals surface area contributed by atoms with Crippen LogP contribution in [0.3, 0.4) is 0 Å². The number of alkyl halides is 1. The third-order valence-electron chi connectivity index (χ3n) is 2.14. The first-order chi connectivity index (χ1) is 4.69. The molecule has 10 heavy (non-hydrogen) atoms. The highest BCUT2D eigenvalue weighted by Gasteiger charge is 2.36. The van der Waals surface area contributed by atoms with Crippen LogP contribution < -0.4 is 5.32 Å². The van der Waals surface area contributed by atoms with Gasteiger partial charge in [0, 0.05) is 18.9 Å². The van der Waals surface area contributed by atoms with E-state index in [-0.39, 0.29) is 5.92 Å². The van der Waals surface area contributed by atoms with Crippen LogP contribution in [-0.4, -0.2) is 18.8 Å². The Kier molecular flexibility index (Phi) is 1.96. The van der Waals surface area contributed by atoms with Gasteiger partial charge < -0.3 is 5.32 Å². The quantitative estimate of drug-likeness (QED) is 0.495. The van der Waals surface area contributed by atoms with Crippen LogP contribution >= 0.6 is 0 Å². The SMILES string of the molecule is C#CC1(F)CCNCC1C. The standard InChI is InChI=1S/C8H12FN/c1-3-8(9)4-5-10-6-7(8)2/h1,7,10H,4-6H2,2H3. The summed E-state index contributed by atoms with van der Waals surface area (Å²) in [5.74, 6) is 2.17. The van der Waals surface area contributed by atoms with Gasteiger partial charge in [-0.05, 0) is 6.54 Å². The van der Waals surface area contributed by atoms with E-state index in [1.807, 2.05) is 6.92 Å². The molecular weight excluding hydrogens is 129 g/mol. The number of halogens is 1. The molecule has 56 valence electrons. The molecule has 0 bridgehead atoms. The lowest BCUT2D eigenvalue weighted by Gasteiger charge is -2.31. The highest BCUT2D eigenvalue weighted by Crippen LogP contribution is 2.27. The molecule has 1 fully saturated rings. The monoisotopic (exact) mass is 141 g/mol. The Hall–Kier alpha value is -0.550. The zero-order valence-electron chi connectivity index (χ0n) is 6.15. The van der Waals surface area contributed by atoms with E-state index in [2.05, 4.69) is 11.2 Å². The van der Waals surface area contributed by atoms with E-state index < -0.39 is 5.67 Å². The minimum absolute atomic E-state index is 0.0498. The minimum atomic E-state index is -1.36. The van der Waals surface area contributed by atoms with Crippen molar-refractivity contribution in [2.45, 2.75) is 19.0 Å². The fourth-order valence-electron chi connectivity index (χ4n) is 1.21.